The van der Waals surface area contributed by atoms with Crippen LogP contribution in [0.25, 0.3) is 0 Å². The van der Waals surface area contributed by atoms with Gasteiger partial charge in [-0.05, 0) is 26.7 Å². The summed E-state index contributed by atoms with van der Waals surface area (Å²) in [4.78, 5) is 14.1. The van der Waals surface area contributed by atoms with Crippen LogP contribution >= 0.6 is 0 Å². The van der Waals surface area contributed by atoms with Gasteiger partial charge in [-0.1, -0.05) is 12.3 Å². The van der Waals surface area contributed by atoms with Crippen LogP contribution in [-0.2, 0) is 4.79 Å². The van der Waals surface area contributed by atoms with E-state index in [0.717, 1.165) is 19.4 Å². The van der Waals surface area contributed by atoms with Gasteiger partial charge in [0, 0.05) is 24.9 Å². The maximum absolute atomic E-state index is 11.8. The lowest BCUT2D eigenvalue weighted by Gasteiger charge is -2.44. The quantitative estimate of drug-likeness (QED) is 0.609. The molecule has 2 fully saturated rings. The van der Waals surface area contributed by atoms with Crippen LogP contribution in [0, 0.1) is 18.3 Å². The Labute approximate surface area is 92.0 Å². The number of hydrogen-bond donors (Lipinski definition) is 0. The van der Waals surface area contributed by atoms with Crippen molar-refractivity contribution in [2.75, 3.05) is 6.54 Å². The Balaban J connectivity index is 2.22. The number of likely N-dealkylation sites (tertiary alicyclic amines) is 1. The van der Waals surface area contributed by atoms with Crippen molar-refractivity contribution in [3.8, 4) is 12.3 Å². The van der Waals surface area contributed by atoms with Gasteiger partial charge in [-0.15, -0.1) is 6.42 Å². The van der Waals surface area contributed by atoms with Gasteiger partial charge in [0.2, 0.25) is 0 Å². The molecule has 0 radical (unpaired) electrons. The average molecular weight is 205 g/mol. The summed E-state index contributed by atoms with van der Waals surface area (Å²) < 4.78 is 0. The van der Waals surface area contributed by atoms with Gasteiger partial charge in [0.05, 0.1) is 5.54 Å². The van der Waals surface area contributed by atoms with E-state index >= 15 is 0 Å². The summed E-state index contributed by atoms with van der Waals surface area (Å²) in [7, 11) is 0. The van der Waals surface area contributed by atoms with Gasteiger partial charge in [0.15, 0.2) is 0 Å². The van der Waals surface area contributed by atoms with Gasteiger partial charge < -0.3 is 0 Å². The van der Waals surface area contributed by atoms with E-state index in [-0.39, 0.29) is 11.5 Å². The van der Waals surface area contributed by atoms with Crippen molar-refractivity contribution in [3.63, 3.8) is 0 Å². The second kappa shape index (κ2) is 3.64. The van der Waals surface area contributed by atoms with Crippen LogP contribution in [0.15, 0.2) is 0 Å². The largest absolute Gasteiger partial charge is 0.299 e. The maximum Gasteiger partial charge on any atom is 0.138 e. The highest BCUT2D eigenvalue weighted by atomic mass is 16.1. The Hall–Kier alpha value is -0.810. The molecule has 1 aliphatic carbocycles. The van der Waals surface area contributed by atoms with E-state index in [0.29, 0.717) is 18.2 Å². The van der Waals surface area contributed by atoms with Gasteiger partial charge >= 0.3 is 0 Å². The van der Waals surface area contributed by atoms with Gasteiger partial charge in [-0.25, -0.2) is 0 Å². The molecule has 1 saturated carbocycles. The van der Waals surface area contributed by atoms with Gasteiger partial charge in [0.1, 0.15) is 5.78 Å². The van der Waals surface area contributed by atoms with Crippen molar-refractivity contribution >= 4 is 5.78 Å². The minimum absolute atomic E-state index is 0.200. The molecule has 0 amide bonds. The first kappa shape index (κ1) is 10.7. The molecule has 1 saturated heterocycles. The standard InChI is InChI=1S/C13H19NO/c1-4-13(2,3)14-9-8-12(15)10-6-5-7-11(10)14/h1,10-11H,5-9H2,2-3H3/t10-,11+/m0/s1. The van der Waals surface area contributed by atoms with Gasteiger partial charge in [0.25, 0.3) is 0 Å². The number of fused-ring (bicyclic) bond motifs is 1. The Kier molecular flexibility index (Phi) is 2.60. The Morgan fingerprint density at radius 3 is 2.87 bits per heavy atom. The van der Waals surface area contributed by atoms with Crippen LogP contribution < -0.4 is 0 Å². The predicted molar refractivity (Wildman–Crippen MR) is 60.4 cm³/mol. The van der Waals surface area contributed by atoms with E-state index in [9.17, 15) is 4.79 Å². The van der Waals surface area contributed by atoms with Gasteiger partial charge in [-0.2, -0.15) is 0 Å². The molecule has 1 aliphatic heterocycles. The fourth-order valence-electron chi connectivity index (χ4n) is 3.05. The molecule has 15 heavy (non-hydrogen) atoms. The summed E-state index contributed by atoms with van der Waals surface area (Å²) in [6.45, 7) is 5.01. The summed E-state index contributed by atoms with van der Waals surface area (Å²) in [5.41, 5.74) is -0.200. The van der Waals surface area contributed by atoms with Crippen molar-refractivity contribution in [2.45, 2.75) is 51.1 Å². The third-order valence-corrected chi connectivity index (χ3v) is 3.96. The van der Waals surface area contributed by atoms with E-state index in [1.54, 1.807) is 0 Å². The molecule has 82 valence electrons. The summed E-state index contributed by atoms with van der Waals surface area (Å²) >= 11 is 0. The summed E-state index contributed by atoms with van der Waals surface area (Å²) in [5, 5.41) is 0. The van der Waals surface area contributed by atoms with Crippen LogP contribution in [0.3, 0.4) is 0 Å². The lowest BCUT2D eigenvalue weighted by Crippen LogP contribution is -2.55. The highest BCUT2D eigenvalue weighted by molar-refractivity contribution is 5.83. The van der Waals surface area contributed by atoms with Gasteiger partial charge in [-0.3, -0.25) is 9.69 Å². The fourth-order valence-corrected chi connectivity index (χ4v) is 3.05. The molecule has 0 aromatic rings. The molecule has 0 N–H and O–H groups in total. The molecule has 1 heterocycles. The zero-order valence-electron chi connectivity index (χ0n) is 9.62. The molecule has 2 heteroatoms. The van der Waals surface area contributed by atoms with Crippen molar-refractivity contribution < 1.29 is 4.79 Å². The molecular weight excluding hydrogens is 186 g/mol. The van der Waals surface area contributed by atoms with Crippen molar-refractivity contribution in [2.24, 2.45) is 5.92 Å². The highest BCUT2D eigenvalue weighted by Gasteiger charge is 2.44. The number of carbonyl (C=O) groups is 1. The lowest BCUT2D eigenvalue weighted by molar-refractivity contribution is -0.129. The monoisotopic (exact) mass is 205 g/mol. The fraction of sp³-hybridized carbons (Fsp3) is 0.769. The first-order chi connectivity index (χ1) is 7.06. The number of Topliss-reactive ketones (excluding diaryl/α,β-unsaturated/α-hetero) is 1. The first-order valence-electron chi connectivity index (χ1n) is 5.83. The van der Waals surface area contributed by atoms with Crippen molar-refractivity contribution in [3.05, 3.63) is 0 Å². The van der Waals surface area contributed by atoms with Crippen LogP contribution in [-0.4, -0.2) is 28.8 Å². The summed E-state index contributed by atoms with van der Waals surface area (Å²) in [6, 6.07) is 0.414. The number of hydrogen-bond acceptors (Lipinski definition) is 2. The Bertz CT molecular complexity index is 313. The predicted octanol–water partition coefficient (Wildman–Crippen LogP) is 1.84. The van der Waals surface area contributed by atoms with E-state index < -0.39 is 0 Å². The first-order valence-corrected chi connectivity index (χ1v) is 5.83. The van der Waals surface area contributed by atoms with Crippen LogP contribution in [0.5, 0.6) is 0 Å². The molecular formula is C13H19NO. The Morgan fingerprint density at radius 1 is 1.47 bits per heavy atom. The Morgan fingerprint density at radius 2 is 2.20 bits per heavy atom. The molecule has 2 nitrogen and oxygen atoms in total. The summed E-state index contributed by atoms with van der Waals surface area (Å²) in [6.07, 6.45) is 9.65. The second-order valence-corrected chi connectivity index (χ2v) is 5.22. The zero-order valence-corrected chi connectivity index (χ0v) is 9.62. The molecule has 2 aliphatic rings. The number of ketones is 1. The number of rotatable bonds is 1. The number of piperidine rings is 1. The highest BCUT2D eigenvalue weighted by Crippen LogP contribution is 2.38. The average Bonchev–Trinajstić information content (AvgIpc) is 2.67. The normalized spacial score (nSPS) is 32.5. The van der Waals surface area contributed by atoms with E-state index in [1.807, 2.05) is 0 Å². The molecule has 0 aromatic heterocycles. The van der Waals surface area contributed by atoms with Crippen LogP contribution in [0.4, 0.5) is 0 Å². The SMILES string of the molecule is C#CC(C)(C)N1CCC(=O)[C@H]2CCC[C@H]21. The van der Waals surface area contributed by atoms with E-state index in [1.165, 1.54) is 6.42 Å². The number of nitrogens with zero attached hydrogens (tertiary/aromatic N) is 1. The topological polar surface area (TPSA) is 20.3 Å². The molecule has 0 spiro atoms. The lowest BCUT2D eigenvalue weighted by atomic mass is 9.86. The van der Waals surface area contributed by atoms with E-state index in [4.69, 9.17) is 6.42 Å². The molecule has 0 unspecified atom stereocenters. The molecule has 0 aromatic carbocycles. The second-order valence-electron chi connectivity index (χ2n) is 5.22. The van der Waals surface area contributed by atoms with Crippen molar-refractivity contribution in [1.29, 1.82) is 0 Å². The zero-order chi connectivity index (χ0) is 11.1. The van der Waals surface area contributed by atoms with Crippen LogP contribution in [0.1, 0.15) is 39.5 Å². The van der Waals surface area contributed by atoms with Crippen LogP contribution in [0.2, 0.25) is 0 Å². The maximum atomic E-state index is 11.8. The number of terminal acetylenes is 1. The molecule has 0 bridgehead atoms. The molecule has 2 atom stereocenters. The third-order valence-electron chi connectivity index (χ3n) is 3.96. The molecule has 2 rings (SSSR count). The minimum atomic E-state index is -0.200. The van der Waals surface area contributed by atoms with E-state index in [2.05, 4.69) is 24.7 Å². The smallest absolute Gasteiger partial charge is 0.138 e. The number of carbonyl (C=O) groups excluding carboxylic acids is 1. The summed E-state index contributed by atoms with van der Waals surface area (Å²) in [5.74, 6) is 3.58. The van der Waals surface area contributed by atoms with Crippen molar-refractivity contribution in [1.82, 2.24) is 4.90 Å². The minimum Gasteiger partial charge on any atom is -0.299 e. The third kappa shape index (κ3) is 1.70.